The molecule has 0 fully saturated rings. The van der Waals surface area contributed by atoms with Crippen LogP contribution in [0.25, 0.3) is 0 Å². The van der Waals surface area contributed by atoms with Crippen molar-refractivity contribution in [2.45, 2.75) is 0 Å². The van der Waals surface area contributed by atoms with E-state index in [1.807, 2.05) is 0 Å². The first-order chi connectivity index (χ1) is 1.41. The van der Waals surface area contributed by atoms with Crippen LogP contribution in [0.5, 0.6) is 0 Å². The monoisotopic (exact) mass is 165 g/mol. The van der Waals surface area contributed by atoms with Gasteiger partial charge in [-0.3, -0.25) is 0 Å². The first-order valence-corrected chi connectivity index (χ1v) is 2.78. The molecule has 0 aliphatic heterocycles. The minimum Gasteiger partial charge on any atom is -0.0261 e. The fraction of sp³-hybridized carbons (Fsp3) is 0. The molecular formula is Cl2CuS. The smallest absolute Gasteiger partial charge is 0.0261 e. The Kier molecular flexibility index (Phi) is 20.0. The quantitative estimate of drug-likeness (QED) is 0.496. The second-order valence-corrected chi connectivity index (χ2v) is 1.57. The van der Waals surface area contributed by atoms with Crippen molar-refractivity contribution < 1.29 is 17.1 Å². The van der Waals surface area contributed by atoms with Crippen LogP contribution in [0.1, 0.15) is 0 Å². The van der Waals surface area contributed by atoms with Crippen molar-refractivity contribution in [2.75, 3.05) is 0 Å². The maximum atomic E-state index is 4.68. The predicted molar refractivity (Wildman–Crippen MR) is 19.3 cm³/mol. The first-order valence-electron chi connectivity index (χ1n) is 0.309. The van der Waals surface area contributed by atoms with E-state index in [9.17, 15) is 0 Å². The second-order valence-electron chi connectivity index (χ2n) is 0.0583. The van der Waals surface area contributed by atoms with Gasteiger partial charge in [-0.25, -0.2) is 0 Å². The summed E-state index contributed by atoms with van der Waals surface area (Å²) in [7, 11) is 10.1. The third-order valence-electron chi connectivity index (χ3n) is 0. The van der Waals surface area contributed by atoms with E-state index in [1.54, 1.807) is 0 Å². The van der Waals surface area contributed by atoms with E-state index in [0.717, 1.165) is 0 Å². The van der Waals surface area contributed by atoms with E-state index >= 15 is 0 Å². The summed E-state index contributed by atoms with van der Waals surface area (Å²) >= 11 is 0. The molecule has 0 nitrogen and oxygen atoms in total. The maximum absolute atomic E-state index is 4.68. The van der Waals surface area contributed by atoms with Gasteiger partial charge in [0.05, 0.1) is 10.2 Å². The molecule has 0 aliphatic carbocycles. The van der Waals surface area contributed by atoms with Crippen LogP contribution in [0, 0.1) is 0 Å². The van der Waals surface area contributed by atoms with Gasteiger partial charge in [0.2, 0.25) is 0 Å². The summed E-state index contributed by atoms with van der Waals surface area (Å²) < 4.78 is 0. The van der Waals surface area contributed by atoms with E-state index in [1.165, 1.54) is 0 Å². The van der Waals surface area contributed by atoms with Crippen LogP contribution in [0.4, 0.5) is 0 Å². The summed E-state index contributed by atoms with van der Waals surface area (Å²) in [5.74, 6) is 0. The van der Waals surface area contributed by atoms with Gasteiger partial charge in [-0.05, 0) is 21.4 Å². The first kappa shape index (κ1) is 9.07. The Balaban J connectivity index is 0. The van der Waals surface area contributed by atoms with Crippen LogP contribution in [-0.4, -0.2) is 0 Å². The molecule has 0 aromatic heterocycles. The zero-order valence-corrected chi connectivity index (χ0v) is 4.74. The van der Waals surface area contributed by atoms with E-state index in [4.69, 9.17) is 0 Å². The van der Waals surface area contributed by atoms with Gasteiger partial charge in [0, 0.05) is 17.1 Å². The minimum absolute atomic E-state index is 0. The van der Waals surface area contributed by atoms with E-state index < -0.39 is 0 Å². The standard InChI is InChI=1S/Cl2S.Cu/c1-3-2;. The van der Waals surface area contributed by atoms with Gasteiger partial charge in [-0.15, -0.1) is 0 Å². The SMILES string of the molecule is ClSCl.[Cu]. The number of hydrogen-bond donors (Lipinski definition) is 0. The Hall–Kier alpha value is 1.45. The van der Waals surface area contributed by atoms with Crippen molar-refractivity contribution in [3.8, 4) is 0 Å². The zero-order chi connectivity index (χ0) is 2.71. The van der Waals surface area contributed by atoms with Crippen molar-refractivity contribution >= 4 is 31.6 Å². The van der Waals surface area contributed by atoms with E-state index in [2.05, 4.69) is 21.4 Å². The van der Waals surface area contributed by atoms with E-state index in [0.29, 0.717) is 10.2 Å². The van der Waals surface area contributed by atoms with Crippen LogP contribution in [-0.2, 0) is 17.1 Å². The molecule has 0 amide bonds. The molecule has 0 N–H and O–H groups in total. The molecule has 0 bridgehead atoms. The Morgan fingerprint density at radius 2 is 1.25 bits per heavy atom. The van der Waals surface area contributed by atoms with Gasteiger partial charge in [0.15, 0.2) is 0 Å². The molecular weight excluding hydrogens is 167 g/mol. The van der Waals surface area contributed by atoms with Gasteiger partial charge in [0.25, 0.3) is 0 Å². The molecule has 4 heavy (non-hydrogen) atoms. The van der Waals surface area contributed by atoms with E-state index in [-0.39, 0.29) is 17.1 Å². The summed E-state index contributed by atoms with van der Waals surface area (Å²) in [5.41, 5.74) is 0. The van der Waals surface area contributed by atoms with Crippen molar-refractivity contribution in [1.82, 2.24) is 0 Å². The third kappa shape index (κ3) is 9.85. The van der Waals surface area contributed by atoms with Crippen LogP contribution >= 0.6 is 31.6 Å². The molecule has 0 atom stereocenters. The summed E-state index contributed by atoms with van der Waals surface area (Å²) in [6, 6.07) is 0. The zero-order valence-electron chi connectivity index (χ0n) is 1.47. The molecule has 0 rings (SSSR count). The molecule has 4 heteroatoms. The van der Waals surface area contributed by atoms with Gasteiger partial charge in [-0.2, -0.15) is 0 Å². The number of rotatable bonds is 0. The number of hydrogen-bond acceptors (Lipinski definition) is 1. The second kappa shape index (κ2) is 8.82. The largest absolute Gasteiger partial charge is 0.0523 e. The molecule has 0 spiro atoms. The van der Waals surface area contributed by atoms with Gasteiger partial charge in [0.1, 0.15) is 0 Å². The van der Waals surface area contributed by atoms with Gasteiger partial charge < -0.3 is 0 Å². The van der Waals surface area contributed by atoms with Crippen molar-refractivity contribution in [1.29, 1.82) is 0 Å². The predicted octanol–water partition coefficient (Wildman–Crippen LogP) is 2.02. The summed E-state index contributed by atoms with van der Waals surface area (Å²) in [5, 5.41) is 0. The molecule has 0 aliphatic rings. The fourth-order valence-corrected chi connectivity index (χ4v) is 0. The topological polar surface area (TPSA) is 0 Å². The molecule has 0 aromatic rings. The number of halogens is 2. The minimum atomic E-state index is 0. The van der Waals surface area contributed by atoms with Crippen LogP contribution in [0.15, 0.2) is 0 Å². The van der Waals surface area contributed by atoms with Crippen LogP contribution in [0.2, 0.25) is 0 Å². The molecule has 0 unspecified atom stereocenters. The van der Waals surface area contributed by atoms with Crippen molar-refractivity contribution in [2.24, 2.45) is 0 Å². The summed E-state index contributed by atoms with van der Waals surface area (Å²) in [4.78, 5) is 0. The Labute approximate surface area is 48.7 Å². The van der Waals surface area contributed by atoms with Crippen molar-refractivity contribution in [3.05, 3.63) is 0 Å². The average molecular weight is 167 g/mol. The Bertz CT molecular complexity index is 6.00. The van der Waals surface area contributed by atoms with Crippen molar-refractivity contribution in [3.63, 3.8) is 0 Å². The summed E-state index contributed by atoms with van der Waals surface area (Å²) in [6.07, 6.45) is 0. The van der Waals surface area contributed by atoms with Crippen LogP contribution in [0.3, 0.4) is 0 Å². The Morgan fingerprint density at radius 1 is 1.25 bits per heavy atom. The normalized spacial score (nSPS) is 4.50. The average Bonchev–Trinajstić information content (AvgIpc) is 0.918. The maximum Gasteiger partial charge on any atom is 0.0523 e. The van der Waals surface area contributed by atoms with Gasteiger partial charge >= 0.3 is 0 Å². The molecule has 0 saturated carbocycles. The molecule has 31 valence electrons. The van der Waals surface area contributed by atoms with Gasteiger partial charge in [-0.1, -0.05) is 0 Å². The molecule has 1 radical (unpaired) electrons. The molecule has 0 saturated heterocycles. The Morgan fingerprint density at radius 3 is 1.25 bits per heavy atom. The van der Waals surface area contributed by atoms with Crippen LogP contribution < -0.4 is 0 Å². The molecule has 0 aromatic carbocycles. The molecule has 0 heterocycles. The summed E-state index contributed by atoms with van der Waals surface area (Å²) in [6.45, 7) is 0. The third-order valence-corrected chi connectivity index (χ3v) is 0. The fourth-order valence-electron chi connectivity index (χ4n) is 0.